The van der Waals surface area contributed by atoms with E-state index in [1.165, 1.54) is 6.42 Å². The number of ether oxygens (including phenoxy) is 2. The third-order valence-corrected chi connectivity index (χ3v) is 5.29. The van der Waals surface area contributed by atoms with Gasteiger partial charge in [-0.05, 0) is 38.7 Å². The van der Waals surface area contributed by atoms with Gasteiger partial charge in [-0.2, -0.15) is 0 Å². The highest BCUT2D eigenvalue weighted by Crippen LogP contribution is 2.29. The predicted molar refractivity (Wildman–Crippen MR) is 115 cm³/mol. The van der Waals surface area contributed by atoms with Crippen LogP contribution < -0.4 is 11.1 Å². The van der Waals surface area contributed by atoms with Crippen molar-refractivity contribution in [2.45, 2.75) is 89.8 Å². The highest BCUT2D eigenvalue weighted by molar-refractivity contribution is 5.79. The maximum atomic E-state index is 12.4. The summed E-state index contributed by atoms with van der Waals surface area (Å²) in [5.41, 5.74) is 5.73. The molecule has 0 aromatic heterocycles. The first-order valence-electron chi connectivity index (χ1n) is 10.8. The van der Waals surface area contributed by atoms with Crippen molar-refractivity contribution in [1.82, 2.24) is 5.32 Å². The lowest BCUT2D eigenvalue weighted by Gasteiger charge is -2.33. The summed E-state index contributed by atoms with van der Waals surface area (Å²) >= 11 is 0. The summed E-state index contributed by atoms with van der Waals surface area (Å²) in [4.78, 5) is 24.5. The fourth-order valence-corrected chi connectivity index (χ4v) is 3.84. The number of primary amides is 1. The Bertz CT molecular complexity index is 668. The molecule has 30 heavy (non-hydrogen) atoms. The van der Waals surface area contributed by atoms with Crippen molar-refractivity contribution < 1.29 is 24.2 Å². The first kappa shape index (κ1) is 24.2. The molecule has 0 bridgehead atoms. The van der Waals surface area contributed by atoms with Crippen LogP contribution in [-0.2, 0) is 20.9 Å². The molecule has 0 aliphatic heterocycles. The van der Waals surface area contributed by atoms with Crippen LogP contribution in [0.2, 0.25) is 0 Å². The molecule has 7 heteroatoms. The molecule has 2 amide bonds. The average Bonchev–Trinajstić information content (AvgIpc) is 2.67. The SMILES string of the molecule is CC(C)(C)OC(=O)NC(CC1CCCCC1)C(O)C(OCc1ccccc1)C(N)=O. The summed E-state index contributed by atoms with van der Waals surface area (Å²) in [5, 5.41) is 13.8. The third-order valence-electron chi connectivity index (χ3n) is 5.29. The molecule has 168 valence electrons. The second-order valence-electron chi connectivity index (χ2n) is 9.10. The normalized spacial score (nSPS) is 18.3. The average molecular weight is 421 g/mol. The molecular formula is C23H36N2O5. The van der Waals surface area contributed by atoms with E-state index in [0.717, 1.165) is 31.2 Å². The van der Waals surface area contributed by atoms with Crippen LogP contribution in [0.4, 0.5) is 4.79 Å². The molecule has 1 aromatic rings. The molecule has 1 saturated carbocycles. The molecule has 0 heterocycles. The first-order chi connectivity index (χ1) is 14.2. The lowest BCUT2D eigenvalue weighted by atomic mass is 9.83. The van der Waals surface area contributed by atoms with Crippen LogP contribution in [0.1, 0.15) is 64.9 Å². The van der Waals surface area contributed by atoms with E-state index < -0.39 is 35.9 Å². The fraction of sp³-hybridized carbons (Fsp3) is 0.652. The van der Waals surface area contributed by atoms with Crippen molar-refractivity contribution in [1.29, 1.82) is 0 Å². The van der Waals surface area contributed by atoms with Crippen molar-refractivity contribution in [3.63, 3.8) is 0 Å². The predicted octanol–water partition coefficient (Wildman–Crippen LogP) is 3.28. The second kappa shape index (κ2) is 11.3. The quantitative estimate of drug-likeness (QED) is 0.568. The summed E-state index contributed by atoms with van der Waals surface area (Å²) in [6.45, 7) is 5.45. The molecule has 7 nitrogen and oxygen atoms in total. The Balaban J connectivity index is 2.10. The van der Waals surface area contributed by atoms with Gasteiger partial charge in [0, 0.05) is 0 Å². The number of nitrogens with two attached hydrogens (primary N) is 1. The van der Waals surface area contributed by atoms with Crippen molar-refractivity contribution in [3.8, 4) is 0 Å². The Hall–Kier alpha value is -2.12. The fourth-order valence-electron chi connectivity index (χ4n) is 3.84. The Labute approximate surface area is 179 Å². The minimum atomic E-state index is -1.28. The minimum absolute atomic E-state index is 0.133. The van der Waals surface area contributed by atoms with Crippen LogP contribution in [0.15, 0.2) is 30.3 Å². The molecule has 0 saturated heterocycles. The Morgan fingerprint density at radius 2 is 1.80 bits per heavy atom. The van der Waals surface area contributed by atoms with Gasteiger partial charge in [0.2, 0.25) is 5.91 Å². The van der Waals surface area contributed by atoms with Gasteiger partial charge in [-0.3, -0.25) is 4.79 Å². The first-order valence-corrected chi connectivity index (χ1v) is 10.8. The van der Waals surface area contributed by atoms with E-state index in [2.05, 4.69) is 5.32 Å². The number of carbonyl (C=O) groups excluding carboxylic acids is 2. The van der Waals surface area contributed by atoms with Gasteiger partial charge in [0.25, 0.3) is 0 Å². The largest absolute Gasteiger partial charge is 0.444 e. The smallest absolute Gasteiger partial charge is 0.407 e. The van der Waals surface area contributed by atoms with Gasteiger partial charge >= 0.3 is 6.09 Å². The van der Waals surface area contributed by atoms with E-state index >= 15 is 0 Å². The van der Waals surface area contributed by atoms with E-state index in [4.69, 9.17) is 15.2 Å². The summed E-state index contributed by atoms with van der Waals surface area (Å²) in [6, 6.07) is 8.64. The lowest BCUT2D eigenvalue weighted by Crippen LogP contribution is -2.54. The summed E-state index contributed by atoms with van der Waals surface area (Å²) < 4.78 is 11.0. The molecule has 0 spiro atoms. The van der Waals surface area contributed by atoms with Crippen LogP contribution in [0.25, 0.3) is 0 Å². The Morgan fingerprint density at radius 1 is 1.17 bits per heavy atom. The van der Waals surface area contributed by atoms with Gasteiger partial charge in [-0.25, -0.2) is 4.79 Å². The molecule has 4 N–H and O–H groups in total. The molecular weight excluding hydrogens is 384 g/mol. The molecule has 3 unspecified atom stereocenters. The highest BCUT2D eigenvalue weighted by Gasteiger charge is 2.36. The van der Waals surface area contributed by atoms with Gasteiger partial charge in [0.05, 0.1) is 12.6 Å². The van der Waals surface area contributed by atoms with E-state index in [0.29, 0.717) is 12.3 Å². The number of aliphatic hydroxyl groups is 1. The number of carbonyl (C=O) groups is 2. The van der Waals surface area contributed by atoms with E-state index in [-0.39, 0.29) is 6.61 Å². The highest BCUT2D eigenvalue weighted by atomic mass is 16.6. The maximum absolute atomic E-state index is 12.4. The van der Waals surface area contributed by atoms with E-state index in [9.17, 15) is 14.7 Å². The number of rotatable bonds is 9. The topological polar surface area (TPSA) is 111 Å². The monoisotopic (exact) mass is 420 g/mol. The van der Waals surface area contributed by atoms with E-state index in [1.807, 2.05) is 30.3 Å². The number of hydrogen-bond donors (Lipinski definition) is 3. The zero-order valence-electron chi connectivity index (χ0n) is 18.3. The molecule has 3 atom stereocenters. The molecule has 1 fully saturated rings. The summed E-state index contributed by atoms with van der Waals surface area (Å²) in [7, 11) is 0. The molecule has 0 radical (unpaired) electrons. The van der Waals surface area contributed by atoms with Crippen LogP contribution in [0, 0.1) is 5.92 Å². The molecule has 1 aromatic carbocycles. The molecule has 2 rings (SSSR count). The van der Waals surface area contributed by atoms with Gasteiger partial charge in [-0.15, -0.1) is 0 Å². The zero-order chi connectivity index (χ0) is 22.1. The number of nitrogens with one attached hydrogen (secondary N) is 1. The summed E-state index contributed by atoms with van der Waals surface area (Å²) in [6.07, 6.45) is 2.92. The summed E-state index contributed by atoms with van der Waals surface area (Å²) in [5.74, 6) is -0.408. The molecule has 1 aliphatic rings. The van der Waals surface area contributed by atoms with Crippen LogP contribution in [0.3, 0.4) is 0 Å². The van der Waals surface area contributed by atoms with Gasteiger partial charge in [0.15, 0.2) is 6.10 Å². The maximum Gasteiger partial charge on any atom is 0.407 e. The van der Waals surface area contributed by atoms with Crippen LogP contribution in [0.5, 0.6) is 0 Å². The van der Waals surface area contributed by atoms with Gasteiger partial charge < -0.3 is 25.6 Å². The zero-order valence-corrected chi connectivity index (χ0v) is 18.3. The van der Waals surface area contributed by atoms with E-state index in [1.54, 1.807) is 20.8 Å². The lowest BCUT2D eigenvalue weighted by molar-refractivity contribution is -0.141. The van der Waals surface area contributed by atoms with Crippen molar-refractivity contribution in [2.24, 2.45) is 11.7 Å². The van der Waals surface area contributed by atoms with Crippen molar-refractivity contribution >= 4 is 12.0 Å². The van der Waals surface area contributed by atoms with Crippen molar-refractivity contribution in [3.05, 3.63) is 35.9 Å². The van der Waals surface area contributed by atoms with Crippen LogP contribution >= 0.6 is 0 Å². The van der Waals surface area contributed by atoms with Crippen LogP contribution in [-0.4, -0.2) is 41.0 Å². The number of hydrogen-bond acceptors (Lipinski definition) is 5. The minimum Gasteiger partial charge on any atom is -0.444 e. The van der Waals surface area contributed by atoms with Crippen molar-refractivity contribution in [2.75, 3.05) is 0 Å². The third kappa shape index (κ3) is 8.32. The number of amides is 2. The number of alkyl carbamates (subject to hydrolysis) is 1. The van der Waals surface area contributed by atoms with Gasteiger partial charge in [0.1, 0.15) is 11.7 Å². The second-order valence-corrected chi connectivity index (χ2v) is 9.10. The Morgan fingerprint density at radius 3 is 2.37 bits per heavy atom. The Kier molecular flexibility index (Phi) is 9.11. The van der Waals surface area contributed by atoms with Gasteiger partial charge in [-0.1, -0.05) is 62.4 Å². The standard InChI is InChI=1S/C23H36N2O5/c1-23(2,3)30-22(28)25-18(14-16-10-6-4-7-11-16)19(26)20(21(24)27)29-15-17-12-8-5-9-13-17/h5,8-9,12-13,16,18-20,26H,4,6-7,10-11,14-15H2,1-3H3,(H2,24,27)(H,25,28). The number of aliphatic hydroxyl groups excluding tert-OH is 1. The number of benzene rings is 1. The molecule has 1 aliphatic carbocycles.